The van der Waals surface area contributed by atoms with Gasteiger partial charge in [0.1, 0.15) is 12.9 Å². The lowest BCUT2D eigenvalue weighted by Gasteiger charge is -2.28. The zero-order valence-corrected chi connectivity index (χ0v) is 30.5. The second-order valence-electron chi connectivity index (χ2n) is 12.1. The van der Waals surface area contributed by atoms with Gasteiger partial charge in [0, 0.05) is 11.8 Å². The van der Waals surface area contributed by atoms with E-state index in [-0.39, 0.29) is 35.4 Å². The third kappa shape index (κ3) is 13.7. The van der Waals surface area contributed by atoms with Crippen molar-refractivity contribution in [1.29, 1.82) is 0 Å². The third-order valence-electron chi connectivity index (χ3n) is 6.21. The van der Waals surface area contributed by atoms with Crippen molar-refractivity contribution in [3.8, 4) is 11.1 Å². The first-order valence-electron chi connectivity index (χ1n) is 15.7. The van der Waals surface area contributed by atoms with Crippen LogP contribution in [0.4, 0.5) is 27.6 Å². The summed E-state index contributed by atoms with van der Waals surface area (Å²) in [6.45, 7) is 7.41. The second-order valence-corrected chi connectivity index (χ2v) is 12.5. The summed E-state index contributed by atoms with van der Waals surface area (Å²) in [5, 5.41) is 7.36. The normalized spacial score (nSPS) is 14.4. The molecule has 0 unspecified atom stereocenters. The largest absolute Gasteiger partial charge is 0.465 e. The van der Waals surface area contributed by atoms with Crippen molar-refractivity contribution in [2.24, 2.45) is 32.0 Å². The Bertz CT molecular complexity index is 1610. The fourth-order valence-electron chi connectivity index (χ4n) is 4.15. The molecule has 0 spiro atoms. The van der Waals surface area contributed by atoms with Gasteiger partial charge in [-0.1, -0.05) is 76.6 Å². The molecule has 2 atom stereocenters. The molecule has 0 saturated heterocycles. The number of nitrogens with two attached hydrogens (primary N) is 2. The molecule has 1 amide bonds. The molecule has 4 rings (SSSR count). The average Bonchev–Trinajstić information content (AvgIpc) is 3.71. The van der Waals surface area contributed by atoms with Crippen molar-refractivity contribution in [2.75, 3.05) is 25.3 Å². The molecule has 0 bridgehead atoms. The van der Waals surface area contributed by atoms with Crippen molar-refractivity contribution in [3.63, 3.8) is 0 Å². The highest BCUT2D eigenvalue weighted by Crippen LogP contribution is 2.37. The van der Waals surface area contributed by atoms with Crippen LogP contribution < -0.4 is 16.5 Å². The third-order valence-corrected chi connectivity index (χ3v) is 6.53. The standard InChI is InChI=1S/C25H21ClF4N8O3.C5H12.C3H7F.CH5N/c1-32-12-34-38(24(29)30)19-8-16(6-7-18(19)26)20(11-41-13-39)37-22(40)21(35-25(37)31)15-4-2-14(3-5-15)17-9-33-36(10-17)23(27)28;1-5(2,3)4;1-2-3-4;1-2/h2-10,12-13,20-21,23-24H,1,11H2,(H2,31,35);1-4H3;2-3H2,1H3;2H2,1H3/b34-12-;;;/t20-,21-;;;/m1.../s1. The quantitative estimate of drug-likeness (QED) is 0.0460. The van der Waals surface area contributed by atoms with E-state index in [9.17, 15) is 31.5 Å². The Labute approximate surface area is 305 Å². The number of hydrazone groups is 1. The SMILES string of the molecule is C=N/C=N\N(c1cc([C@@H](COC=O)N2C(=O)[C@@H](c3ccc(-c4cnn(C(F)F)c4)cc3)N=C2N)ccc1Cl)C(F)F.CC(C)(C)C.CCCF.CN. The molecule has 12 nitrogen and oxygen atoms in total. The fraction of sp³-hybridized carbons (Fsp3) is 0.412. The number of hydrogen-bond donors (Lipinski definition) is 2. The number of aliphatic imine (C=N–C) groups is 2. The van der Waals surface area contributed by atoms with E-state index in [0.29, 0.717) is 38.2 Å². The van der Waals surface area contributed by atoms with Crippen molar-refractivity contribution in [2.45, 2.75) is 66.2 Å². The zero-order chi connectivity index (χ0) is 39.6. The van der Waals surface area contributed by atoms with Crippen molar-refractivity contribution in [1.82, 2.24) is 14.7 Å². The number of benzene rings is 2. The molecular formula is C34H45ClF5N9O3. The summed E-state index contributed by atoms with van der Waals surface area (Å²) in [6.07, 6.45) is 3.92. The molecule has 3 aromatic rings. The molecule has 4 N–H and O–H groups in total. The number of ether oxygens (including phenoxy) is 1. The van der Waals surface area contributed by atoms with Crippen molar-refractivity contribution >= 4 is 48.7 Å². The van der Waals surface area contributed by atoms with Gasteiger partial charge in [-0.3, -0.25) is 23.9 Å². The second kappa shape index (κ2) is 22.1. The Morgan fingerprint density at radius 1 is 1.10 bits per heavy atom. The van der Waals surface area contributed by atoms with Gasteiger partial charge in [-0.05, 0) is 54.4 Å². The van der Waals surface area contributed by atoms with Crippen LogP contribution in [0.3, 0.4) is 0 Å². The van der Waals surface area contributed by atoms with Crippen LogP contribution in [0.25, 0.3) is 11.1 Å². The number of anilines is 1. The van der Waals surface area contributed by atoms with E-state index in [0.717, 1.165) is 11.2 Å². The van der Waals surface area contributed by atoms with Gasteiger partial charge in [0.05, 0.1) is 29.6 Å². The van der Waals surface area contributed by atoms with E-state index in [4.69, 9.17) is 22.1 Å². The maximum atomic E-state index is 13.7. The van der Waals surface area contributed by atoms with Crippen LogP contribution in [0.5, 0.6) is 0 Å². The molecule has 18 heteroatoms. The van der Waals surface area contributed by atoms with Crippen LogP contribution in [0.2, 0.25) is 5.02 Å². The minimum atomic E-state index is -3.11. The van der Waals surface area contributed by atoms with Gasteiger partial charge in [0.15, 0.2) is 12.0 Å². The molecule has 1 aliphatic rings. The molecule has 52 heavy (non-hydrogen) atoms. The predicted octanol–water partition coefficient (Wildman–Crippen LogP) is 7.38. The number of rotatable bonds is 13. The monoisotopic (exact) mass is 757 g/mol. The van der Waals surface area contributed by atoms with E-state index in [2.05, 4.69) is 60.3 Å². The minimum Gasteiger partial charge on any atom is -0.465 e. The molecule has 0 radical (unpaired) electrons. The van der Waals surface area contributed by atoms with E-state index in [1.165, 1.54) is 37.6 Å². The Kier molecular flexibility index (Phi) is 19.2. The topological polar surface area (TPSA) is 157 Å². The summed E-state index contributed by atoms with van der Waals surface area (Å²) < 4.78 is 69.4. The van der Waals surface area contributed by atoms with Crippen LogP contribution >= 0.6 is 11.6 Å². The highest BCUT2D eigenvalue weighted by atomic mass is 35.5. The lowest BCUT2D eigenvalue weighted by atomic mass is 10.0. The molecule has 0 saturated carbocycles. The smallest absolute Gasteiger partial charge is 0.333 e. The van der Waals surface area contributed by atoms with Crippen molar-refractivity contribution in [3.05, 3.63) is 71.0 Å². The number of carbonyl (C=O) groups excluding carboxylic acids is 2. The van der Waals surface area contributed by atoms with Crippen LogP contribution in [0.15, 0.2) is 69.9 Å². The minimum absolute atomic E-state index is 0.0863. The predicted molar refractivity (Wildman–Crippen MR) is 194 cm³/mol. The van der Waals surface area contributed by atoms with E-state index < -0.39 is 37.7 Å². The summed E-state index contributed by atoms with van der Waals surface area (Å²) in [5.41, 5.74) is 12.6. The van der Waals surface area contributed by atoms with Gasteiger partial charge >= 0.3 is 13.1 Å². The Hall–Kier alpha value is -4.90. The lowest BCUT2D eigenvalue weighted by Crippen LogP contribution is -2.42. The number of nitrogens with zero attached hydrogens (tertiary/aromatic N) is 7. The van der Waals surface area contributed by atoms with Gasteiger partial charge in [-0.2, -0.15) is 27.8 Å². The maximum Gasteiger partial charge on any atom is 0.333 e. The van der Waals surface area contributed by atoms with Crippen molar-refractivity contribution < 1.29 is 36.3 Å². The number of hydrogen-bond acceptors (Lipinski definition) is 9. The van der Waals surface area contributed by atoms with E-state index >= 15 is 0 Å². The van der Waals surface area contributed by atoms with Crippen LogP contribution in [-0.4, -0.2) is 73.0 Å². The summed E-state index contributed by atoms with van der Waals surface area (Å²) in [5.74, 6) is -0.797. The lowest BCUT2D eigenvalue weighted by molar-refractivity contribution is -0.135. The number of aromatic nitrogens is 2. The number of halogens is 6. The van der Waals surface area contributed by atoms with Gasteiger partial charge in [0.25, 0.3) is 12.4 Å². The summed E-state index contributed by atoms with van der Waals surface area (Å²) in [6, 6.07) is 8.24. The number of amides is 1. The van der Waals surface area contributed by atoms with Gasteiger partial charge < -0.3 is 16.2 Å². The van der Waals surface area contributed by atoms with Crippen LogP contribution in [0.1, 0.15) is 70.8 Å². The van der Waals surface area contributed by atoms with Crippen LogP contribution in [0, 0.1) is 5.41 Å². The Morgan fingerprint density at radius 2 is 1.69 bits per heavy atom. The Morgan fingerprint density at radius 3 is 2.17 bits per heavy atom. The molecule has 0 aliphatic carbocycles. The summed E-state index contributed by atoms with van der Waals surface area (Å²) in [7, 11) is 1.50. The molecule has 2 heterocycles. The number of guanidine groups is 1. The van der Waals surface area contributed by atoms with Gasteiger partial charge in [0.2, 0.25) is 0 Å². The molecule has 2 aromatic carbocycles. The molecule has 1 aromatic heterocycles. The highest BCUT2D eigenvalue weighted by Gasteiger charge is 2.40. The zero-order valence-electron chi connectivity index (χ0n) is 29.8. The molecule has 286 valence electrons. The van der Waals surface area contributed by atoms with Gasteiger partial charge in [-0.25, -0.2) is 14.7 Å². The first-order valence-corrected chi connectivity index (χ1v) is 16.1. The molecule has 1 aliphatic heterocycles. The summed E-state index contributed by atoms with van der Waals surface area (Å²) >= 11 is 6.16. The maximum absolute atomic E-state index is 13.7. The van der Waals surface area contributed by atoms with Gasteiger partial charge in [-0.15, -0.1) is 0 Å². The fourth-order valence-corrected chi connectivity index (χ4v) is 4.35. The summed E-state index contributed by atoms with van der Waals surface area (Å²) in [4.78, 5) is 33.3. The molecule has 0 fully saturated rings. The van der Waals surface area contributed by atoms with Crippen LogP contribution in [-0.2, 0) is 14.3 Å². The number of carbonyl (C=O) groups is 2. The van der Waals surface area contributed by atoms with E-state index in [1.807, 2.05) is 0 Å². The number of alkyl halides is 5. The van der Waals surface area contributed by atoms with E-state index in [1.54, 1.807) is 31.2 Å². The first-order chi connectivity index (χ1) is 24.6. The highest BCUT2D eigenvalue weighted by molar-refractivity contribution is 6.33. The molecular weight excluding hydrogens is 713 g/mol. The first kappa shape index (κ1) is 45.1. The average molecular weight is 758 g/mol. The Balaban J connectivity index is 0.00000108.